The molecule has 0 bridgehead atoms. The minimum atomic E-state index is 0.0618. The van der Waals surface area contributed by atoms with Gasteiger partial charge in [0, 0.05) is 70.7 Å². The van der Waals surface area contributed by atoms with Crippen LogP contribution in [0.1, 0.15) is 26.5 Å². The molecule has 3 aromatic heterocycles. The van der Waals surface area contributed by atoms with Crippen molar-refractivity contribution in [2.24, 2.45) is 0 Å². The van der Waals surface area contributed by atoms with E-state index in [0.29, 0.717) is 37.3 Å². The highest BCUT2D eigenvalue weighted by Crippen LogP contribution is 2.29. The van der Waals surface area contributed by atoms with Crippen molar-refractivity contribution in [3.05, 3.63) is 24.3 Å². The minimum Gasteiger partial charge on any atom is -0.380 e. The van der Waals surface area contributed by atoms with Crippen molar-refractivity contribution < 1.29 is 4.74 Å². The van der Waals surface area contributed by atoms with E-state index in [0.717, 1.165) is 69.1 Å². The quantitative estimate of drug-likeness (QED) is 0.369. The summed E-state index contributed by atoms with van der Waals surface area (Å²) in [6.45, 7) is 15.5. The van der Waals surface area contributed by atoms with E-state index in [2.05, 4.69) is 49.6 Å². The van der Waals surface area contributed by atoms with Gasteiger partial charge in [0.1, 0.15) is 28.9 Å². The molecule has 36 heavy (non-hydrogen) atoms. The summed E-state index contributed by atoms with van der Waals surface area (Å²) < 4.78 is 7.66. The highest BCUT2D eigenvalue weighted by Gasteiger charge is 2.28. The second kappa shape index (κ2) is 11.0. The zero-order valence-corrected chi connectivity index (χ0v) is 21.5. The molecule has 2 aliphatic rings. The number of anilines is 3. The molecule has 2 fully saturated rings. The van der Waals surface area contributed by atoms with Crippen molar-refractivity contribution in [3.63, 3.8) is 0 Å². The van der Waals surface area contributed by atoms with Gasteiger partial charge < -0.3 is 25.6 Å². The second-order valence-electron chi connectivity index (χ2n) is 9.91. The van der Waals surface area contributed by atoms with E-state index in [1.165, 1.54) is 6.33 Å². The van der Waals surface area contributed by atoms with Crippen molar-refractivity contribution in [2.75, 3.05) is 69.2 Å². The number of hydrogen-bond donors (Lipinski definition) is 3. The van der Waals surface area contributed by atoms with Gasteiger partial charge in [-0.15, -0.1) is 0 Å². The zero-order chi connectivity index (χ0) is 25.0. The molecule has 0 unspecified atom stereocenters. The Labute approximate surface area is 211 Å². The lowest BCUT2D eigenvalue weighted by molar-refractivity contribution is 0.136. The molecule has 0 amide bonds. The van der Waals surface area contributed by atoms with Gasteiger partial charge in [0.25, 0.3) is 0 Å². The molecule has 2 aliphatic heterocycles. The van der Waals surface area contributed by atoms with Gasteiger partial charge in [-0.05, 0) is 26.8 Å². The van der Waals surface area contributed by atoms with Crippen LogP contribution in [0.15, 0.2) is 18.6 Å². The van der Waals surface area contributed by atoms with E-state index in [-0.39, 0.29) is 5.54 Å². The average Bonchev–Trinajstić information content (AvgIpc) is 3.22. The van der Waals surface area contributed by atoms with E-state index in [1.807, 2.05) is 17.7 Å². The van der Waals surface area contributed by atoms with E-state index in [1.54, 1.807) is 6.20 Å². The van der Waals surface area contributed by atoms with Crippen LogP contribution in [-0.2, 0) is 17.8 Å². The summed E-state index contributed by atoms with van der Waals surface area (Å²) in [5.74, 6) is 2.09. The first-order valence-electron chi connectivity index (χ1n) is 12.8. The Kier molecular flexibility index (Phi) is 7.56. The van der Waals surface area contributed by atoms with Gasteiger partial charge in [-0.1, -0.05) is 0 Å². The smallest absolute Gasteiger partial charge is 0.228 e. The first kappa shape index (κ1) is 24.8. The van der Waals surface area contributed by atoms with Crippen molar-refractivity contribution in [3.8, 4) is 0 Å². The van der Waals surface area contributed by atoms with Crippen molar-refractivity contribution in [2.45, 2.75) is 39.4 Å². The summed E-state index contributed by atoms with van der Waals surface area (Å²) in [5, 5.41) is 15.5. The van der Waals surface area contributed by atoms with Crippen LogP contribution in [0.4, 0.5) is 17.6 Å². The van der Waals surface area contributed by atoms with E-state index < -0.39 is 0 Å². The minimum absolute atomic E-state index is 0.0618. The maximum Gasteiger partial charge on any atom is 0.228 e. The number of rotatable bonds is 9. The fourth-order valence-corrected chi connectivity index (χ4v) is 4.87. The van der Waals surface area contributed by atoms with E-state index in [9.17, 15) is 0 Å². The molecule has 3 aromatic rings. The number of fused-ring (bicyclic) bond motifs is 1. The molecule has 194 valence electrons. The molecule has 12 heteroatoms. The molecule has 3 N–H and O–H groups in total. The summed E-state index contributed by atoms with van der Waals surface area (Å²) in [5.41, 5.74) is 2.77. The van der Waals surface area contributed by atoms with E-state index >= 15 is 0 Å². The molecular formula is C24H37N11O. The third-order valence-electron chi connectivity index (χ3n) is 6.55. The predicted molar refractivity (Wildman–Crippen MR) is 140 cm³/mol. The Morgan fingerprint density at radius 1 is 1.14 bits per heavy atom. The maximum absolute atomic E-state index is 5.67. The van der Waals surface area contributed by atoms with Crippen LogP contribution in [0.5, 0.6) is 0 Å². The highest BCUT2D eigenvalue weighted by atomic mass is 16.5. The molecule has 12 nitrogen and oxygen atoms in total. The van der Waals surface area contributed by atoms with Gasteiger partial charge >= 0.3 is 0 Å². The summed E-state index contributed by atoms with van der Waals surface area (Å²) >= 11 is 0. The lowest BCUT2D eigenvalue weighted by Gasteiger charge is -2.38. The number of hydrogen-bond acceptors (Lipinski definition) is 11. The molecule has 0 aromatic carbocycles. The fraction of sp³-hybridized carbons (Fsp3) is 0.625. The number of ether oxygens (including phenoxy) is 1. The molecule has 0 saturated carbocycles. The van der Waals surface area contributed by atoms with Crippen molar-refractivity contribution in [1.29, 1.82) is 0 Å². The predicted octanol–water partition coefficient (Wildman–Crippen LogP) is 0.990. The Balaban J connectivity index is 1.58. The lowest BCUT2D eigenvalue weighted by Crippen LogP contribution is -2.56. The average molecular weight is 496 g/mol. The highest BCUT2D eigenvalue weighted by molar-refractivity contribution is 5.90. The van der Waals surface area contributed by atoms with Crippen LogP contribution >= 0.6 is 0 Å². The summed E-state index contributed by atoms with van der Waals surface area (Å²) in [7, 11) is 0. The van der Waals surface area contributed by atoms with Crippen molar-refractivity contribution in [1.82, 2.24) is 45.2 Å². The van der Waals surface area contributed by atoms with Gasteiger partial charge in [-0.2, -0.15) is 10.1 Å². The number of nitrogens with one attached hydrogen (secondary N) is 3. The first-order chi connectivity index (χ1) is 17.5. The van der Waals surface area contributed by atoms with Crippen LogP contribution < -0.4 is 20.9 Å². The van der Waals surface area contributed by atoms with Crippen molar-refractivity contribution >= 4 is 28.6 Å². The fourth-order valence-electron chi connectivity index (χ4n) is 4.87. The van der Waals surface area contributed by atoms with Gasteiger partial charge in [-0.3, -0.25) is 9.58 Å². The Hall–Kier alpha value is -2.93. The normalized spacial score (nSPS) is 18.6. The third kappa shape index (κ3) is 5.72. The standard InChI is InChI=1S/C24H37N11O/c1-4-36-14-13-35-21-20(18(32-35)15-33-10-9-28-24(2,3)16-33)30-23(34-11-7-25-8-12-34)31-22(21)29-19-5-6-26-17-27-19/h5-6,17,25,28H,4,7-16H2,1-3H3,(H,26,27,29,30,31). The van der Waals surface area contributed by atoms with Crippen LogP contribution in [0, 0.1) is 0 Å². The maximum atomic E-state index is 5.67. The third-order valence-corrected chi connectivity index (χ3v) is 6.55. The molecule has 0 spiro atoms. The largest absolute Gasteiger partial charge is 0.380 e. The first-order valence-corrected chi connectivity index (χ1v) is 12.8. The Morgan fingerprint density at radius 2 is 2.00 bits per heavy atom. The van der Waals surface area contributed by atoms with Crippen LogP contribution in [0.2, 0.25) is 0 Å². The number of aromatic nitrogens is 6. The topological polar surface area (TPSA) is 121 Å². The Bertz CT molecular complexity index is 1140. The summed E-state index contributed by atoms with van der Waals surface area (Å²) in [6, 6.07) is 1.84. The molecule has 0 aliphatic carbocycles. The molecule has 0 radical (unpaired) electrons. The van der Waals surface area contributed by atoms with Gasteiger partial charge in [-0.25, -0.2) is 15.0 Å². The molecule has 0 atom stereocenters. The number of piperazine rings is 2. The van der Waals surface area contributed by atoms with Gasteiger partial charge in [0.05, 0.1) is 13.2 Å². The molecule has 5 rings (SSSR count). The molecule has 2 saturated heterocycles. The van der Waals surface area contributed by atoms with E-state index in [4.69, 9.17) is 19.8 Å². The zero-order valence-electron chi connectivity index (χ0n) is 21.5. The van der Waals surface area contributed by atoms with Crippen LogP contribution in [-0.4, -0.2) is 99.2 Å². The molecular weight excluding hydrogens is 458 g/mol. The lowest BCUT2D eigenvalue weighted by atomic mass is 10.0. The van der Waals surface area contributed by atoms with Gasteiger partial charge in [0.15, 0.2) is 5.82 Å². The second-order valence-corrected chi connectivity index (χ2v) is 9.91. The number of nitrogens with zero attached hydrogens (tertiary/aromatic N) is 8. The summed E-state index contributed by atoms with van der Waals surface area (Å²) in [6.07, 6.45) is 3.25. The SMILES string of the molecule is CCOCCn1nc(CN2CCNC(C)(C)C2)c2nc(N3CCNCC3)nc(Nc3ccncn3)c21. The van der Waals surface area contributed by atoms with Gasteiger partial charge in [0.2, 0.25) is 5.95 Å². The monoisotopic (exact) mass is 495 g/mol. The molecule has 5 heterocycles. The van der Waals surface area contributed by atoms with Crippen LogP contribution in [0.25, 0.3) is 11.0 Å². The van der Waals surface area contributed by atoms with Crippen LogP contribution in [0.3, 0.4) is 0 Å². The summed E-state index contributed by atoms with van der Waals surface area (Å²) in [4.78, 5) is 23.2. The Morgan fingerprint density at radius 3 is 2.75 bits per heavy atom.